The third-order valence-corrected chi connectivity index (χ3v) is 4.22. The molecule has 114 valence electrons. The number of benzene rings is 1. The standard InChI is InChI=1S/C14H22BrNO3S/c1-11(2)13-10-12(15)4-5-14(13)19-8-6-16-7-9-20(3,17)18/h4-5,10-11,16H,6-9H2,1-3H3. The summed E-state index contributed by atoms with van der Waals surface area (Å²) < 4.78 is 28.7. The van der Waals surface area contributed by atoms with Gasteiger partial charge >= 0.3 is 0 Å². The summed E-state index contributed by atoms with van der Waals surface area (Å²) in [4.78, 5) is 0. The number of hydrogen-bond acceptors (Lipinski definition) is 4. The van der Waals surface area contributed by atoms with Gasteiger partial charge in [0.2, 0.25) is 0 Å². The van der Waals surface area contributed by atoms with E-state index in [0.717, 1.165) is 15.8 Å². The molecule has 6 heteroatoms. The summed E-state index contributed by atoms with van der Waals surface area (Å²) >= 11 is 3.46. The minimum Gasteiger partial charge on any atom is -0.492 e. The molecule has 1 N–H and O–H groups in total. The summed E-state index contributed by atoms with van der Waals surface area (Å²) in [5.74, 6) is 1.43. The highest BCUT2D eigenvalue weighted by atomic mass is 79.9. The number of nitrogens with one attached hydrogen (secondary N) is 1. The van der Waals surface area contributed by atoms with Crippen molar-refractivity contribution in [3.8, 4) is 5.75 Å². The van der Waals surface area contributed by atoms with Crippen LogP contribution in [0.4, 0.5) is 0 Å². The van der Waals surface area contributed by atoms with Crippen LogP contribution in [0.25, 0.3) is 0 Å². The molecule has 0 fully saturated rings. The predicted octanol–water partition coefficient (Wildman–Crippen LogP) is 2.59. The van der Waals surface area contributed by atoms with E-state index in [4.69, 9.17) is 4.74 Å². The van der Waals surface area contributed by atoms with Gasteiger partial charge in [-0.15, -0.1) is 0 Å². The molecule has 1 rings (SSSR count). The summed E-state index contributed by atoms with van der Waals surface area (Å²) in [5.41, 5.74) is 1.16. The Morgan fingerprint density at radius 1 is 1.30 bits per heavy atom. The first kappa shape index (κ1) is 17.5. The van der Waals surface area contributed by atoms with E-state index in [1.54, 1.807) is 0 Å². The molecule has 0 amide bonds. The van der Waals surface area contributed by atoms with E-state index >= 15 is 0 Å². The smallest absolute Gasteiger partial charge is 0.148 e. The number of halogens is 1. The lowest BCUT2D eigenvalue weighted by Gasteiger charge is -2.14. The Bertz CT molecular complexity index is 529. The van der Waals surface area contributed by atoms with Gasteiger partial charge in [-0.25, -0.2) is 8.42 Å². The van der Waals surface area contributed by atoms with Crippen LogP contribution in [0.3, 0.4) is 0 Å². The molecule has 0 spiro atoms. The topological polar surface area (TPSA) is 55.4 Å². The Balaban J connectivity index is 2.39. The van der Waals surface area contributed by atoms with Crippen LogP contribution in [0.15, 0.2) is 22.7 Å². The Kier molecular flexibility index (Phi) is 6.99. The molecule has 0 saturated heterocycles. The molecule has 0 atom stereocenters. The van der Waals surface area contributed by atoms with E-state index in [1.165, 1.54) is 6.26 Å². The van der Waals surface area contributed by atoms with Crippen LogP contribution in [-0.4, -0.2) is 40.1 Å². The van der Waals surface area contributed by atoms with Crippen LogP contribution >= 0.6 is 15.9 Å². The lowest BCUT2D eigenvalue weighted by Crippen LogP contribution is -2.26. The summed E-state index contributed by atoms with van der Waals surface area (Å²) in [5, 5.41) is 3.06. The third-order valence-electron chi connectivity index (χ3n) is 2.78. The van der Waals surface area contributed by atoms with Crippen molar-refractivity contribution < 1.29 is 13.2 Å². The molecule has 1 aromatic rings. The second-order valence-corrected chi connectivity index (χ2v) is 8.24. The normalized spacial score (nSPS) is 11.8. The van der Waals surface area contributed by atoms with E-state index in [1.807, 2.05) is 12.1 Å². The summed E-state index contributed by atoms with van der Waals surface area (Å²) in [6.45, 7) is 5.85. The van der Waals surface area contributed by atoms with Crippen molar-refractivity contribution >= 4 is 25.8 Å². The van der Waals surface area contributed by atoms with Crippen LogP contribution in [0.1, 0.15) is 25.3 Å². The van der Waals surface area contributed by atoms with Gasteiger partial charge in [0.25, 0.3) is 0 Å². The number of sulfone groups is 1. The van der Waals surface area contributed by atoms with Crippen molar-refractivity contribution in [3.05, 3.63) is 28.2 Å². The average Bonchev–Trinajstić information content (AvgIpc) is 2.33. The molecule has 0 heterocycles. The highest BCUT2D eigenvalue weighted by Gasteiger charge is 2.08. The van der Waals surface area contributed by atoms with Gasteiger partial charge in [-0.3, -0.25) is 0 Å². The van der Waals surface area contributed by atoms with Gasteiger partial charge in [-0.1, -0.05) is 29.8 Å². The highest BCUT2D eigenvalue weighted by molar-refractivity contribution is 9.10. The molecule has 0 unspecified atom stereocenters. The van der Waals surface area contributed by atoms with Crippen LogP contribution in [0.5, 0.6) is 5.75 Å². The molecular formula is C14H22BrNO3S. The van der Waals surface area contributed by atoms with Crippen molar-refractivity contribution in [1.29, 1.82) is 0 Å². The van der Waals surface area contributed by atoms with Crippen LogP contribution in [-0.2, 0) is 9.84 Å². The average molecular weight is 364 g/mol. The number of hydrogen-bond donors (Lipinski definition) is 1. The molecule has 20 heavy (non-hydrogen) atoms. The quantitative estimate of drug-likeness (QED) is 0.721. The Labute approximate surface area is 130 Å². The maximum atomic E-state index is 11.0. The maximum absolute atomic E-state index is 11.0. The first-order chi connectivity index (χ1) is 9.29. The zero-order chi connectivity index (χ0) is 15.2. The van der Waals surface area contributed by atoms with Crippen LogP contribution in [0, 0.1) is 0 Å². The van der Waals surface area contributed by atoms with Crippen LogP contribution in [0.2, 0.25) is 0 Å². The fourth-order valence-electron chi connectivity index (χ4n) is 1.72. The molecule has 1 aromatic carbocycles. The summed E-state index contributed by atoms with van der Waals surface area (Å²) in [7, 11) is -2.89. The number of rotatable bonds is 8. The molecule has 0 aliphatic carbocycles. The second kappa shape index (κ2) is 8.00. The van der Waals surface area contributed by atoms with Gasteiger partial charge < -0.3 is 10.1 Å². The van der Waals surface area contributed by atoms with Gasteiger partial charge in [0, 0.05) is 23.8 Å². The van der Waals surface area contributed by atoms with Crippen molar-refractivity contribution in [2.75, 3.05) is 31.7 Å². The first-order valence-electron chi connectivity index (χ1n) is 6.60. The maximum Gasteiger partial charge on any atom is 0.148 e. The Hall–Kier alpha value is -0.590. The minimum atomic E-state index is -2.89. The van der Waals surface area contributed by atoms with Crippen molar-refractivity contribution in [2.24, 2.45) is 0 Å². The number of ether oxygens (including phenoxy) is 1. The SMILES string of the molecule is CC(C)c1cc(Br)ccc1OCCNCCS(C)(=O)=O. The molecule has 4 nitrogen and oxygen atoms in total. The van der Waals surface area contributed by atoms with Gasteiger partial charge in [-0.2, -0.15) is 0 Å². The lowest BCUT2D eigenvalue weighted by atomic mass is 10.0. The molecule has 0 aromatic heterocycles. The Morgan fingerprint density at radius 3 is 2.60 bits per heavy atom. The van der Waals surface area contributed by atoms with Crippen LogP contribution < -0.4 is 10.1 Å². The zero-order valence-electron chi connectivity index (χ0n) is 12.1. The second-order valence-electron chi connectivity index (χ2n) is 5.07. The van der Waals surface area contributed by atoms with E-state index in [0.29, 0.717) is 25.6 Å². The highest BCUT2D eigenvalue weighted by Crippen LogP contribution is 2.29. The van der Waals surface area contributed by atoms with E-state index in [2.05, 4.69) is 41.2 Å². The van der Waals surface area contributed by atoms with E-state index in [9.17, 15) is 8.42 Å². The van der Waals surface area contributed by atoms with Gasteiger partial charge in [0.05, 0.1) is 5.75 Å². The molecule has 0 saturated carbocycles. The predicted molar refractivity (Wildman–Crippen MR) is 86.3 cm³/mol. The molecule has 0 radical (unpaired) electrons. The molecule has 0 aliphatic heterocycles. The minimum absolute atomic E-state index is 0.155. The van der Waals surface area contributed by atoms with Crippen molar-refractivity contribution in [2.45, 2.75) is 19.8 Å². The van der Waals surface area contributed by atoms with E-state index < -0.39 is 9.84 Å². The molecule has 0 bridgehead atoms. The van der Waals surface area contributed by atoms with Gasteiger partial charge in [0.1, 0.15) is 22.2 Å². The summed E-state index contributed by atoms with van der Waals surface area (Å²) in [6.07, 6.45) is 1.24. The van der Waals surface area contributed by atoms with E-state index in [-0.39, 0.29) is 5.75 Å². The van der Waals surface area contributed by atoms with Crippen molar-refractivity contribution in [1.82, 2.24) is 5.32 Å². The van der Waals surface area contributed by atoms with Gasteiger partial charge in [-0.05, 0) is 29.7 Å². The fourth-order valence-corrected chi connectivity index (χ4v) is 2.61. The largest absolute Gasteiger partial charge is 0.492 e. The first-order valence-corrected chi connectivity index (χ1v) is 9.45. The monoisotopic (exact) mass is 363 g/mol. The fraction of sp³-hybridized carbons (Fsp3) is 0.571. The lowest BCUT2D eigenvalue weighted by molar-refractivity contribution is 0.311. The zero-order valence-corrected chi connectivity index (χ0v) is 14.6. The van der Waals surface area contributed by atoms with Crippen molar-refractivity contribution in [3.63, 3.8) is 0 Å². The summed E-state index contributed by atoms with van der Waals surface area (Å²) in [6, 6.07) is 5.98. The Morgan fingerprint density at radius 2 is 2.00 bits per heavy atom. The molecular weight excluding hydrogens is 342 g/mol. The molecule has 0 aliphatic rings. The van der Waals surface area contributed by atoms with Gasteiger partial charge in [0.15, 0.2) is 0 Å². The third kappa shape index (κ3) is 6.72.